The van der Waals surface area contributed by atoms with E-state index in [1.165, 1.54) is 19.1 Å². The molecule has 0 fully saturated rings. The maximum Gasteiger partial charge on any atom is 0.308 e. The van der Waals surface area contributed by atoms with Crippen LogP contribution < -0.4 is 10.1 Å². The molecule has 20 heavy (non-hydrogen) atoms. The first kappa shape index (κ1) is 15.9. The molecule has 1 amide bonds. The molecule has 5 nitrogen and oxygen atoms in total. The van der Waals surface area contributed by atoms with Gasteiger partial charge >= 0.3 is 5.97 Å². The van der Waals surface area contributed by atoms with Crippen LogP contribution in [0.5, 0.6) is 5.75 Å². The molecule has 0 spiro atoms. The third-order valence-corrected chi connectivity index (χ3v) is 2.64. The Balaban J connectivity index is 2.15. The van der Waals surface area contributed by atoms with Crippen molar-refractivity contribution in [2.75, 3.05) is 13.2 Å². The third-order valence-electron chi connectivity index (χ3n) is 2.64. The van der Waals surface area contributed by atoms with E-state index >= 15 is 0 Å². The lowest BCUT2D eigenvalue weighted by molar-refractivity contribution is -0.141. The van der Waals surface area contributed by atoms with E-state index in [1.54, 1.807) is 12.1 Å². The summed E-state index contributed by atoms with van der Waals surface area (Å²) < 4.78 is 18.1. The van der Waals surface area contributed by atoms with Crippen molar-refractivity contribution in [3.05, 3.63) is 30.1 Å². The molecule has 0 saturated heterocycles. The summed E-state index contributed by atoms with van der Waals surface area (Å²) in [7, 11) is 0. The molecule has 0 radical (unpaired) electrons. The molecule has 110 valence electrons. The van der Waals surface area contributed by atoms with E-state index in [0.29, 0.717) is 18.8 Å². The fourth-order valence-corrected chi connectivity index (χ4v) is 1.42. The number of carbonyl (C=O) groups excluding carboxylic acids is 1. The minimum absolute atomic E-state index is 0.110. The van der Waals surface area contributed by atoms with Crippen LogP contribution in [0.2, 0.25) is 0 Å². The summed E-state index contributed by atoms with van der Waals surface area (Å²) in [5.74, 6) is -1.73. The Morgan fingerprint density at radius 3 is 2.85 bits per heavy atom. The summed E-state index contributed by atoms with van der Waals surface area (Å²) in [6.45, 7) is 1.93. The van der Waals surface area contributed by atoms with Gasteiger partial charge in [0.15, 0.2) is 0 Å². The fourth-order valence-electron chi connectivity index (χ4n) is 1.42. The quantitative estimate of drug-likeness (QED) is 0.714. The molecule has 0 aromatic heterocycles. The second kappa shape index (κ2) is 8.14. The van der Waals surface area contributed by atoms with Crippen LogP contribution in [0.15, 0.2) is 24.3 Å². The minimum Gasteiger partial charge on any atom is -0.493 e. The zero-order chi connectivity index (χ0) is 15.0. The Morgan fingerprint density at radius 1 is 1.45 bits per heavy atom. The number of nitrogens with one attached hydrogen (secondary N) is 1. The number of ether oxygens (including phenoxy) is 1. The van der Waals surface area contributed by atoms with E-state index in [4.69, 9.17) is 9.84 Å². The molecular formula is C14H18FNO4. The average molecular weight is 283 g/mol. The molecule has 1 aromatic rings. The van der Waals surface area contributed by atoms with Gasteiger partial charge in [-0.1, -0.05) is 13.0 Å². The third kappa shape index (κ3) is 6.17. The standard InChI is InChI=1S/C14H18FNO4/c1-10(14(18)19)9-16-13(17)6-3-7-20-12-5-2-4-11(15)8-12/h2,4-5,8,10H,3,6-7,9H2,1H3,(H,16,17)(H,18,19). The van der Waals surface area contributed by atoms with Crippen LogP contribution >= 0.6 is 0 Å². The lowest BCUT2D eigenvalue weighted by atomic mass is 10.2. The van der Waals surface area contributed by atoms with E-state index in [9.17, 15) is 14.0 Å². The topological polar surface area (TPSA) is 75.6 Å². The van der Waals surface area contributed by atoms with Crippen molar-refractivity contribution in [1.82, 2.24) is 5.32 Å². The van der Waals surface area contributed by atoms with Crippen molar-refractivity contribution < 1.29 is 23.8 Å². The van der Waals surface area contributed by atoms with Crippen molar-refractivity contribution in [3.8, 4) is 5.75 Å². The van der Waals surface area contributed by atoms with Gasteiger partial charge in [0.2, 0.25) is 5.91 Å². The summed E-state index contributed by atoms with van der Waals surface area (Å²) in [5.41, 5.74) is 0. The molecule has 0 bridgehead atoms. The number of aliphatic carboxylic acids is 1. The predicted octanol–water partition coefficient (Wildman–Crippen LogP) is 1.82. The van der Waals surface area contributed by atoms with Gasteiger partial charge in [-0.15, -0.1) is 0 Å². The number of carboxylic acid groups (broad SMARTS) is 1. The lowest BCUT2D eigenvalue weighted by Gasteiger charge is -2.09. The first-order valence-electron chi connectivity index (χ1n) is 6.37. The Bertz CT molecular complexity index is 464. The molecule has 1 aromatic carbocycles. The van der Waals surface area contributed by atoms with E-state index in [1.807, 2.05) is 0 Å². The van der Waals surface area contributed by atoms with Gasteiger partial charge in [-0.05, 0) is 18.6 Å². The van der Waals surface area contributed by atoms with Gasteiger partial charge in [0, 0.05) is 19.0 Å². The van der Waals surface area contributed by atoms with Gasteiger partial charge in [0.25, 0.3) is 0 Å². The number of carboxylic acids is 1. The highest BCUT2D eigenvalue weighted by molar-refractivity contribution is 5.77. The first-order valence-corrected chi connectivity index (χ1v) is 6.37. The smallest absolute Gasteiger partial charge is 0.308 e. The van der Waals surface area contributed by atoms with E-state index in [2.05, 4.69) is 5.32 Å². The molecular weight excluding hydrogens is 265 g/mol. The van der Waals surface area contributed by atoms with Crippen molar-refractivity contribution in [2.24, 2.45) is 5.92 Å². The number of rotatable bonds is 8. The maximum atomic E-state index is 12.9. The Kier molecular flexibility index (Phi) is 6.49. The number of halogens is 1. The molecule has 0 heterocycles. The number of amides is 1. The van der Waals surface area contributed by atoms with E-state index in [-0.39, 0.29) is 24.7 Å². The van der Waals surface area contributed by atoms with Gasteiger partial charge in [-0.2, -0.15) is 0 Å². The largest absolute Gasteiger partial charge is 0.493 e. The Labute approximate surface area is 116 Å². The van der Waals surface area contributed by atoms with Crippen LogP contribution in [0.1, 0.15) is 19.8 Å². The molecule has 0 aliphatic heterocycles. The highest BCUT2D eigenvalue weighted by Crippen LogP contribution is 2.12. The second-order valence-corrected chi connectivity index (χ2v) is 4.45. The highest BCUT2D eigenvalue weighted by atomic mass is 19.1. The lowest BCUT2D eigenvalue weighted by Crippen LogP contribution is -2.31. The normalized spacial score (nSPS) is 11.7. The number of carbonyl (C=O) groups is 2. The van der Waals surface area contributed by atoms with Crippen molar-refractivity contribution in [3.63, 3.8) is 0 Å². The molecule has 0 saturated carbocycles. The zero-order valence-electron chi connectivity index (χ0n) is 11.3. The van der Waals surface area contributed by atoms with Gasteiger partial charge in [0.05, 0.1) is 12.5 Å². The van der Waals surface area contributed by atoms with E-state index < -0.39 is 11.9 Å². The summed E-state index contributed by atoms with van der Waals surface area (Å²) in [6, 6.07) is 5.78. The summed E-state index contributed by atoms with van der Waals surface area (Å²) >= 11 is 0. The molecule has 6 heteroatoms. The van der Waals surface area contributed by atoms with Crippen molar-refractivity contribution in [2.45, 2.75) is 19.8 Å². The van der Waals surface area contributed by atoms with Gasteiger partial charge < -0.3 is 15.2 Å². The SMILES string of the molecule is CC(CNC(=O)CCCOc1cccc(F)c1)C(=O)O. The van der Waals surface area contributed by atoms with Crippen LogP contribution in [0, 0.1) is 11.7 Å². The number of hydrogen-bond donors (Lipinski definition) is 2. The minimum atomic E-state index is -0.945. The van der Waals surface area contributed by atoms with Crippen LogP contribution in [0.25, 0.3) is 0 Å². The van der Waals surface area contributed by atoms with Gasteiger partial charge in [0.1, 0.15) is 11.6 Å². The van der Waals surface area contributed by atoms with Gasteiger partial charge in [-0.3, -0.25) is 9.59 Å². The maximum absolute atomic E-state index is 12.9. The van der Waals surface area contributed by atoms with Crippen LogP contribution in [-0.4, -0.2) is 30.1 Å². The molecule has 0 aliphatic carbocycles. The molecule has 1 unspecified atom stereocenters. The Morgan fingerprint density at radius 2 is 2.20 bits per heavy atom. The molecule has 1 rings (SSSR count). The summed E-state index contributed by atoms with van der Waals surface area (Å²) in [4.78, 5) is 22.0. The van der Waals surface area contributed by atoms with Crippen LogP contribution in [-0.2, 0) is 9.59 Å². The monoisotopic (exact) mass is 283 g/mol. The van der Waals surface area contributed by atoms with Crippen LogP contribution in [0.3, 0.4) is 0 Å². The van der Waals surface area contributed by atoms with E-state index in [0.717, 1.165) is 0 Å². The van der Waals surface area contributed by atoms with Crippen molar-refractivity contribution in [1.29, 1.82) is 0 Å². The molecule has 1 atom stereocenters. The first-order chi connectivity index (χ1) is 9.49. The number of hydrogen-bond acceptors (Lipinski definition) is 3. The predicted molar refractivity (Wildman–Crippen MR) is 70.9 cm³/mol. The van der Waals surface area contributed by atoms with Crippen molar-refractivity contribution >= 4 is 11.9 Å². The summed E-state index contributed by atoms with van der Waals surface area (Å²) in [5, 5.41) is 11.2. The van der Waals surface area contributed by atoms with Gasteiger partial charge in [-0.25, -0.2) is 4.39 Å². The fraction of sp³-hybridized carbons (Fsp3) is 0.429. The number of benzene rings is 1. The highest BCUT2D eigenvalue weighted by Gasteiger charge is 2.11. The zero-order valence-corrected chi connectivity index (χ0v) is 11.3. The molecule has 0 aliphatic rings. The second-order valence-electron chi connectivity index (χ2n) is 4.45. The Hall–Kier alpha value is -2.11. The summed E-state index contributed by atoms with van der Waals surface area (Å²) in [6.07, 6.45) is 0.714. The molecule has 2 N–H and O–H groups in total. The van der Waals surface area contributed by atoms with Crippen LogP contribution in [0.4, 0.5) is 4.39 Å². The average Bonchev–Trinajstić information content (AvgIpc) is 2.41.